The normalized spacial score (nSPS) is 17.4. The summed E-state index contributed by atoms with van der Waals surface area (Å²) in [5.74, 6) is -2.43. The van der Waals surface area contributed by atoms with Gasteiger partial charge in [-0.2, -0.15) is 0 Å². The number of Topliss-reactive ketones (excluding diaryl/α,β-unsaturated/α-hetero) is 1. The number of esters is 2. The van der Waals surface area contributed by atoms with E-state index in [1.165, 1.54) is 6.92 Å². The SMILES string of the molecule is C=C(C)C(=O)OCC(=O)C(=O)OC1(CC)CCCCCC1. The Morgan fingerprint density at radius 2 is 1.62 bits per heavy atom. The zero-order valence-electron chi connectivity index (χ0n) is 12.9. The minimum absolute atomic E-state index is 0.185. The molecule has 1 saturated carbocycles. The molecule has 0 amide bonds. The van der Waals surface area contributed by atoms with Crippen molar-refractivity contribution in [3.8, 4) is 0 Å². The van der Waals surface area contributed by atoms with E-state index in [1.54, 1.807) is 0 Å². The molecule has 0 atom stereocenters. The standard InChI is InChI=1S/C16H24O5/c1-4-16(9-7-5-6-8-10-16)21-15(19)13(17)11-20-14(18)12(2)3/h2,4-11H2,1,3H3. The van der Waals surface area contributed by atoms with Crippen molar-refractivity contribution in [2.24, 2.45) is 0 Å². The zero-order valence-corrected chi connectivity index (χ0v) is 12.9. The third-order valence-electron chi connectivity index (χ3n) is 3.88. The first-order chi connectivity index (χ1) is 9.90. The fourth-order valence-corrected chi connectivity index (χ4v) is 2.47. The van der Waals surface area contributed by atoms with Gasteiger partial charge in [-0.3, -0.25) is 4.79 Å². The van der Waals surface area contributed by atoms with Gasteiger partial charge in [0.2, 0.25) is 0 Å². The van der Waals surface area contributed by atoms with Crippen LogP contribution < -0.4 is 0 Å². The Morgan fingerprint density at radius 3 is 2.10 bits per heavy atom. The van der Waals surface area contributed by atoms with Crippen LogP contribution in [0.25, 0.3) is 0 Å². The molecule has 0 bridgehead atoms. The lowest BCUT2D eigenvalue weighted by molar-refractivity contribution is -0.170. The highest BCUT2D eigenvalue weighted by Crippen LogP contribution is 2.33. The maximum Gasteiger partial charge on any atom is 0.378 e. The molecule has 1 rings (SSSR count). The van der Waals surface area contributed by atoms with Gasteiger partial charge in [0.1, 0.15) is 5.60 Å². The summed E-state index contributed by atoms with van der Waals surface area (Å²) in [6, 6.07) is 0. The Morgan fingerprint density at radius 1 is 1.05 bits per heavy atom. The lowest BCUT2D eigenvalue weighted by atomic mass is 9.91. The average molecular weight is 296 g/mol. The van der Waals surface area contributed by atoms with Gasteiger partial charge in [-0.1, -0.05) is 26.3 Å². The highest BCUT2D eigenvalue weighted by molar-refractivity contribution is 6.34. The minimum Gasteiger partial charge on any atom is -0.454 e. The Bertz CT molecular complexity index is 416. The van der Waals surface area contributed by atoms with Gasteiger partial charge in [0.25, 0.3) is 5.78 Å². The molecular weight excluding hydrogens is 272 g/mol. The second kappa shape index (κ2) is 7.96. The van der Waals surface area contributed by atoms with Gasteiger partial charge < -0.3 is 9.47 Å². The van der Waals surface area contributed by atoms with Crippen molar-refractivity contribution >= 4 is 17.7 Å². The Hall–Kier alpha value is -1.65. The molecule has 1 aliphatic carbocycles. The molecule has 0 aromatic heterocycles. The van der Waals surface area contributed by atoms with Crippen LogP contribution >= 0.6 is 0 Å². The molecule has 21 heavy (non-hydrogen) atoms. The van der Waals surface area contributed by atoms with E-state index in [1.807, 2.05) is 6.92 Å². The van der Waals surface area contributed by atoms with Crippen molar-refractivity contribution in [1.82, 2.24) is 0 Å². The maximum absolute atomic E-state index is 11.9. The van der Waals surface area contributed by atoms with Crippen LogP contribution in [0, 0.1) is 0 Å². The smallest absolute Gasteiger partial charge is 0.378 e. The van der Waals surface area contributed by atoms with Gasteiger partial charge in [-0.25, -0.2) is 9.59 Å². The fraction of sp³-hybridized carbons (Fsp3) is 0.688. The quantitative estimate of drug-likeness (QED) is 0.326. The van der Waals surface area contributed by atoms with Crippen molar-refractivity contribution in [1.29, 1.82) is 0 Å². The Labute approximate surface area is 125 Å². The first kappa shape index (κ1) is 17.4. The number of hydrogen-bond donors (Lipinski definition) is 0. The Kier molecular flexibility index (Phi) is 6.59. The summed E-state index contributed by atoms with van der Waals surface area (Å²) in [4.78, 5) is 34.8. The first-order valence-electron chi connectivity index (χ1n) is 7.49. The highest BCUT2D eigenvalue weighted by atomic mass is 16.6. The fourth-order valence-electron chi connectivity index (χ4n) is 2.47. The van der Waals surface area contributed by atoms with E-state index < -0.39 is 29.9 Å². The van der Waals surface area contributed by atoms with Gasteiger partial charge in [0.05, 0.1) is 0 Å². The maximum atomic E-state index is 11.9. The lowest BCUT2D eigenvalue weighted by Gasteiger charge is -2.31. The second-order valence-corrected chi connectivity index (χ2v) is 5.62. The largest absolute Gasteiger partial charge is 0.454 e. The van der Waals surface area contributed by atoms with Crippen molar-refractivity contribution in [3.05, 3.63) is 12.2 Å². The van der Waals surface area contributed by atoms with Crippen LogP contribution in [-0.2, 0) is 23.9 Å². The molecular formula is C16H24O5. The van der Waals surface area contributed by atoms with E-state index in [0.717, 1.165) is 38.5 Å². The summed E-state index contributed by atoms with van der Waals surface area (Å²) < 4.78 is 10.1. The summed E-state index contributed by atoms with van der Waals surface area (Å²) in [5, 5.41) is 0. The zero-order chi connectivity index (χ0) is 15.9. The first-order valence-corrected chi connectivity index (χ1v) is 7.49. The van der Waals surface area contributed by atoms with Crippen LogP contribution in [0.2, 0.25) is 0 Å². The van der Waals surface area contributed by atoms with Crippen molar-refractivity contribution in [2.75, 3.05) is 6.61 Å². The second-order valence-electron chi connectivity index (χ2n) is 5.62. The molecule has 5 heteroatoms. The average Bonchev–Trinajstić information content (AvgIpc) is 2.70. The van der Waals surface area contributed by atoms with Gasteiger partial charge in [-0.05, 0) is 39.0 Å². The van der Waals surface area contributed by atoms with Gasteiger partial charge in [0, 0.05) is 5.57 Å². The lowest BCUT2D eigenvalue weighted by Crippen LogP contribution is -2.37. The summed E-state index contributed by atoms with van der Waals surface area (Å²) in [6.45, 7) is 6.25. The van der Waals surface area contributed by atoms with Crippen LogP contribution in [0.3, 0.4) is 0 Å². The number of hydrogen-bond acceptors (Lipinski definition) is 5. The molecule has 0 aliphatic heterocycles. The number of carbonyl (C=O) groups excluding carboxylic acids is 3. The molecule has 1 aliphatic rings. The number of rotatable bonds is 6. The molecule has 118 valence electrons. The van der Waals surface area contributed by atoms with E-state index in [2.05, 4.69) is 11.3 Å². The molecule has 0 spiro atoms. The molecule has 0 saturated heterocycles. The number of ether oxygens (including phenoxy) is 2. The van der Waals surface area contributed by atoms with Gasteiger partial charge in [0.15, 0.2) is 6.61 Å². The van der Waals surface area contributed by atoms with E-state index in [0.29, 0.717) is 6.42 Å². The number of carbonyl (C=O) groups is 3. The van der Waals surface area contributed by atoms with E-state index in [-0.39, 0.29) is 5.57 Å². The van der Waals surface area contributed by atoms with Crippen molar-refractivity contribution in [3.63, 3.8) is 0 Å². The van der Waals surface area contributed by atoms with Crippen LogP contribution in [0.15, 0.2) is 12.2 Å². The molecule has 0 radical (unpaired) electrons. The predicted octanol–water partition coefficient (Wildman–Crippen LogP) is 2.72. The van der Waals surface area contributed by atoms with Crippen LogP contribution in [0.5, 0.6) is 0 Å². The van der Waals surface area contributed by atoms with Crippen molar-refractivity contribution < 1.29 is 23.9 Å². The van der Waals surface area contributed by atoms with Crippen LogP contribution in [0.4, 0.5) is 0 Å². The Balaban J connectivity index is 2.55. The molecule has 1 fully saturated rings. The third kappa shape index (κ3) is 5.33. The predicted molar refractivity (Wildman–Crippen MR) is 77.6 cm³/mol. The van der Waals surface area contributed by atoms with Crippen molar-refractivity contribution in [2.45, 2.75) is 64.4 Å². The topological polar surface area (TPSA) is 69.7 Å². The van der Waals surface area contributed by atoms with E-state index in [9.17, 15) is 14.4 Å². The molecule has 0 aromatic carbocycles. The summed E-state index contributed by atoms with van der Waals surface area (Å²) in [7, 11) is 0. The molecule has 0 unspecified atom stereocenters. The minimum atomic E-state index is -0.909. The monoisotopic (exact) mass is 296 g/mol. The van der Waals surface area contributed by atoms with Crippen LogP contribution in [-0.4, -0.2) is 29.9 Å². The molecule has 0 aromatic rings. The third-order valence-corrected chi connectivity index (χ3v) is 3.88. The molecule has 5 nitrogen and oxygen atoms in total. The van der Waals surface area contributed by atoms with Gasteiger partial charge in [-0.15, -0.1) is 0 Å². The molecule has 0 heterocycles. The molecule has 0 N–H and O–H groups in total. The highest BCUT2D eigenvalue weighted by Gasteiger charge is 2.35. The summed E-state index contributed by atoms with van der Waals surface area (Å²) in [5.41, 5.74) is -0.355. The van der Waals surface area contributed by atoms with E-state index in [4.69, 9.17) is 4.74 Å². The van der Waals surface area contributed by atoms with Crippen LogP contribution in [0.1, 0.15) is 58.8 Å². The summed E-state index contributed by atoms with van der Waals surface area (Å²) in [6.07, 6.45) is 6.52. The van der Waals surface area contributed by atoms with E-state index >= 15 is 0 Å². The summed E-state index contributed by atoms with van der Waals surface area (Å²) >= 11 is 0. The van der Waals surface area contributed by atoms with Gasteiger partial charge >= 0.3 is 11.9 Å². The number of ketones is 1.